The van der Waals surface area contributed by atoms with Crippen molar-refractivity contribution >= 4 is 15.9 Å². The molecular formula is C11H10BrFO3. The Morgan fingerprint density at radius 2 is 2.00 bits per heavy atom. The number of rotatable bonds is 1. The van der Waals surface area contributed by atoms with E-state index in [2.05, 4.69) is 15.9 Å². The van der Waals surface area contributed by atoms with Crippen LogP contribution in [0.2, 0.25) is 0 Å². The second-order valence-corrected chi connectivity index (χ2v) is 4.90. The van der Waals surface area contributed by atoms with E-state index in [1.165, 1.54) is 6.07 Å². The van der Waals surface area contributed by atoms with Crippen LogP contribution in [0, 0.1) is 5.82 Å². The summed E-state index contributed by atoms with van der Waals surface area (Å²) in [5.41, 5.74) is -0.740. The third-order valence-corrected chi connectivity index (χ3v) is 3.67. The average molecular weight is 289 g/mol. The van der Waals surface area contributed by atoms with Crippen LogP contribution in [-0.2, 0) is 5.60 Å². The molecule has 2 aliphatic rings. The fraction of sp³-hybridized carbons (Fsp3) is 0.455. The highest BCUT2D eigenvalue weighted by Gasteiger charge is 2.47. The van der Waals surface area contributed by atoms with Gasteiger partial charge < -0.3 is 14.6 Å². The van der Waals surface area contributed by atoms with E-state index in [-0.39, 0.29) is 5.56 Å². The Bertz CT molecular complexity index is 457. The zero-order valence-electron chi connectivity index (χ0n) is 8.43. The van der Waals surface area contributed by atoms with Gasteiger partial charge in [0.1, 0.15) is 19.0 Å². The van der Waals surface area contributed by atoms with Crippen LogP contribution in [0.25, 0.3) is 0 Å². The second kappa shape index (κ2) is 3.34. The number of aliphatic hydroxyl groups is 1. The fourth-order valence-electron chi connectivity index (χ4n) is 1.91. The van der Waals surface area contributed by atoms with Crippen molar-refractivity contribution in [3.63, 3.8) is 0 Å². The maximum atomic E-state index is 13.8. The molecule has 0 atom stereocenters. The molecule has 1 N–H and O–H groups in total. The van der Waals surface area contributed by atoms with E-state index < -0.39 is 11.4 Å². The molecule has 5 heteroatoms. The normalized spacial score (nSPS) is 20.7. The van der Waals surface area contributed by atoms with Gasteiger partial charge in [-0.05, 0) is 28.8 Å². The lowest BCUT2D eigenvalue weighted by atomic mass is 10.1. The molecule has 1 aliphatic heterocycles. The summed E-state index contributed by atoms with van der Waals surface area (Å²) in [5.74, 6) is 0.433. The first-order valence-corrected chi connectivity index (χ1v) is 5.91. The fourth-order valence-corrected chi connectivity index (χ4v) is 2.78. The molecule has 0 amide bonds. The van der Waals surface area contributed by atoms with Gasteiger partial charge in [0.2, 0.25) is 0 Å². The number of benzene rings is 1. The Labute approximate surface area is 100 Å². The lowest BCUT2D eigenvalue weighted by Gasteiger charge is -2.23. The van der Waals surface area contributed by atoms with Crippen LogP contribution in [0.3, 0.4) is 0 Å². The van der Waals surface area contributed by atoms with Gasteiger partial charge in [-0.3, -0.25) is 0 Å². The lowest BCUT2D eigenvalue weighted by molar-refractivity contribution is 0.140. The molecule has 1 aliphatic carbocycles. The summed E-state index contributed by atoms with van der Waals surface area (Å²) in [6, 6.07) is 1.28. The third-order valence-electron chi connectivity index (χ3n) is 2.92. The van der Waals surface area contributed by atoms with Crippen molar-refractivity contribution in [2.45, 2.75) is 18.4 Å². The highest BCUT2D eigenvalue weighted by molar-refractivity contribution is 9.10. The Morgan fingerprint density at radius 3 is 2.69 bits per heavy atom. The molecule has 1 saturated carbocycles. The first kappa shape index (κ1) is 10.4. The summed E-state index contributed by atoms with van der Waals surface area (Å²) < 4.78 is 25.0. The highest BCUT2D eigenvalue weighted by Crippen LogP contribution is 2.53. The zero-order chi connectivity index (χ0) is 11.3. The van der Waals surface area contributed by atoms with Crippen molar-refractivity contribution in [1.82, 2.24) is 0 Å². The van der Waals surface area contributed by atoms with E-state index in [4.69, 9.17) is 9.47 Å². The van der Waals surface area contributed by atoms with E-state index >= 15 is 0 Å². The molecule has 3 nitrogen and oxygen atoms in total. The predicted molar refractivity (Wildman–Crippen MR) is 58.2 cm³/mol. The van der Waals surface area contributed by atoms with Crippen molar-refractivity contribution in [1.29, 1.82) is 0 Å². The molecule has 0 spiro atoms. The summed E-state index contributed by atoms with van der Waals surface area (Å²) in [5, 5.41) is 10.00. The highest BCUT2D eigenvalue weighted by atomic mass is 79.9. The number of ether oxygens (including phenoxy) is 2. The van der Waals surface area contributed by atoms with Crippen molar-refractivity contribution in [2.75, 3.05) is 13.2 Å². The van der Waals surface area contributed by atoms with Gasteiger partial charge in [-0.15, -0.1) is 0 Å². The maximum Gasteiger partial charge on any atom is 0.176 e. The van der Waals surface area contributed by atoms with Gasteiger partial charge in [0, 0.05) is 11.6 Å². The Kier molecular flexibility index (Phi) is 2.16. The van der Waals surface area contributed by atoms with Gasteiger partial charge in [-0.2, -0.15) is 0 Å². The van der Waals surface area contributed by atoms with Crippen LogP contribution in [0.1, 0.15) is 18.4 Å². The first-order chi connectivity index (χ1) is 7.62. The second-order valence-electron chi connectivity index (χ2n) is 4.10. The van der Waals surface area contributed by atoms with Crippen molar-refractivity contribution in [3.8, 4) is 11.5 Å². The minimum atomic E-state index is -1.03. The van der Waals surface area contributed by atoms with Crippen molar-refractivity contribution < 1.29 is 19.0 Å². The van der Waals surface area contributed by atoms with Gasteiger partial charge in [0.15, 0.2) is 11.5 Å². The summed E-state index contributed by atoms with van der Waals surface area (Å²) in [6.07, 6.45) is 1.17. The molecule has 0 saturated heterocycles. The van der Waals surface area contributed by atoms with Crippen LogP contribution in [0.15, 0.2) is 10.5 Å². The molecule has 3 rings (SSSR count). The van der Waals surface area contributed by atoms with Crippen LogP contribution < -0.4 is 9.47 Å². The average Bonchev–Trinajstić information content (AvgIpc) is 2.97. The van der Waals surface area contributed by atoms with E-state index in [0.29, 0.717) is 42.0 Å². The molecule has 16 heavy (non-hydrogen) atoms. The molecule has 0 radical (unpaired) electrons. The van der Waals surface area contributed by atoms with E-state index in [9.17, 15) is 9.50 Å². The molecule has 0 bridgehead atoms. The SMILES string of the molecule is OC1(c2c(F)cc3c(c2Br)OCCO3)CC1. The number of hydrogen-bond acceptors (Lipinski definition) is 3. The third kappa shape index (κ3) is 1.42. The molecule has 1 heterocycles. The van der Waals surface area contributed by atoms with Crippen molar-refractivity contribution in [2.24, 2.45) is 0 Å². The summed E-state index contributed by atoms with van der Waals surface area (Å²) in [7, 11) is 0. The van der Waals surface area contributed by atoms with Gasteiger partial charge in [-0.1, -0.05) is 0 Å². The lowest BCUT2D eigenvalue weighted by Crippen LogP contribution is -2.18. The molecule has 1 aromatic carbocycles. The Hall–Kier alpha value is -0.810. The molecule has 0 unspecified atom stereocenters. The quantitative estimate of drug-likeness (QED) is 0.862. The van der Waals surface area contributed by atoms with E-state index in [1.54, 1.807) is 0 Å². The van der Waals surface area contributed by atoms with Gasteiger partial charge >= 0.3 is 0 Å². The van der Waals surface area contributed by atoms with Gasteiger partial charge in [0.25, 0.3) is 0 Å². The standard InChI is InChI=1S/C11H10BrFO3/c12-9-8(11(14)1-2-11)6(13)5-7-10(9)16-4-3-15-7/h5,14H,1-4H2. The topological polar surface area (TPSA) is 38.7 Å². The largest absolute Gasteiger partial charge is 0.486 e. The number of fused-ring (bicyclic) bond motifs is 1. The van der Waals surface area contributed by atoms with Crippen LogP contribution in [-0.4, -0.2) is 18.3 Å². The molecule has 86 valence electrons. The van der Waals surface area contributed by atoms with Crippen LogP contribution >= 0.6 is 15.9 Å². The number of hydrogen-bond donors (Lipinski definition) is 1. The summed E-state index contributed by atoms with van der Waals surface area (Å²) >= 11 is 3.29. The summed E-state index contributed by atoms with van der Waals surface area (Å²) in [4.78, 5) is 0. The minimum absolute atomic E-state index is 0.289. The molecular weight excluding hydrogens is 279 g/mol. The van der Waals surface area contributed by atoms with E-state index in [0.717, 1.165) is 0 Å². The van der Waals surface area contributed by atoms with Gasteiger partial charge in [-0.25, -0.2) is 4.39 Å². The van der Waals surface area contributed by atoms with Crippen molar-refractivity contribution in [3.05, 3.63) is 21.9 Å². The predicted octanol–water partition coefficient (Wildman–Crippen LogP) is 2.34. The number of halogens is 2. The van der Waals surface area contributed by atoms with Gasteiger partial charge in [0.05, 0.1) is 10.1 Å². The Balaban J connectivity index is 2.18. The molecule has 1 fully saturated rings. The van der Waals surface area contributed by atoms with E-state index in [1.807, 2.05) is 0 Å². The molecule has 1 aromatic rings. The monoisotopic (exact) mass is 288 g/mol. The minimum Gasteiger partial charge on any atom is -0.486 e. The smallest absolute Gasteiger partial charge is 0.176 e. The first-order valence-electron chi connectivity index (χ1n) is 5.12. The maximum absolute atomic E-state index is 13.8. The molecule has 0 aromatic heterocycles. The zero-order valence-corrected chi connectivity index (χ0v) is 10.0. The Morgan fingerprint density at radius 1 is 1.31 bits per heavy atom. The van der Waals surface area contributed by atoms with Crippen LogP contribution in [0.4, 0.5) is 4.39 Å². The van der Waals surface area contributed by atoms with Crippen LogP contribution in [0.5, 0.6) is 11.5 Å². The summed E-state index contributed by atoms with van der Waals surface area (Å²) in [6.45, 7) is 0.859.